The van der Waals surface area contributed by atoms with E-state index in [1.807, 2.05) is 11.7 Å². The average molecular weight is 277 g/mol. The summed E-state index contributed by atoms with van der Waals surface area (Å²) in [4.78, 5) is 0. The van der Waals surface area contributed by atoms with Gasteiger partial charge in [0.1, 0.15) is 0 Å². The van der Waals surface area contributed by atoms with Gasteiger partial charge in [-0.05, 0) is 49.6 Å². The Kier molecular flexibility index (Phi) is 5.25. The van der Waals surface area contributed by atoms with Gasteiger partial charge in [-0.2, -0.15) is 5.10 Å². The van der Waals surface area contributed by atoms with E-state index in [0.29, 0.717) is 12.0 Å². The molecule has 3 heteroatoms. The lowest BCUT2D eigenvalue weighted by molar-refractivity contribution is 0.185. The molecule has 1 aromatic heterocycles. The molecule has 114 valence electrons. The highest BCUT2D eigenvalue weighted by atomic mass is 15.2. The maximum absolute atomic E-state index is 4.69. The van der Waals surface area contributed by atoms with E-state index in [9.17, 15) is 0 Å². The minimum Gasteiger partial charge on any atom is -0.314 e. The number of hydrogen-bond donors (Lipinski definition) is 1. The van der Waals surface area contributed by atoms with Gasteiger partial charge in [0, 0.05) is 25.2 Å². The fraction of sp³-hybridized carbons (Fsp3) is 0.824. The summed E-state index contributed by atoms with van der Waals surface area (Å²) in [6, 6.07) is 2.79. The first kappa shape index (κ1) is 15.6. The van der Waals surface area contributed by atoms with Gasteiger partial charge in [0.15, 0.2) is 0 Å². The van der Waals surface area contributed by atoms with Crippen molar-refractivity contribution < 1.29 is 0 Å². The fourth-order valence-electron chi connectivity index (χ4n) is 3.50. The normalized spacial score (nSPS) is 27.4. The van der Waals surface area contributed by atoms with Gasteiger partial charge in [-0.25, -0.2) is 0 Å². The molecule has 1 heterocycles. The lowest BCUT2D eigenvalue weighted by atomic mass is 9.69. The molecule has 0 radical (unpaired) electrons. The van der Waals surface area contributed by atoms with Crippen molar-refractivity contribution in [2.75, 3.05) is 6.54 Å². The molecule has 0 saturated heterocycles. The van der Waals surface area contributed by atoms with Crippen LogP contribution in [-0.4, -0.2) is 22.4 Å². The average Bonchev–Trinajstić information content (AvgIpc) is 2.82. The molecule has 3 atom stereocenters. The summed E-state index contributed by atoms with van der Waals surface area (Å²) in [6.45, 7) is 10.3. The Labute approximate surface area is 124 Å². The number of nitrogens with one attached hydrogen (secondary N) is 1. The van der Waals surface area contributed by atoms with Crippen LogP contribution in [-0.2, 0) is 7.05 Å². The molecule has 0 aromatic carbocycles. The van der Waals surface area contributed by atoms with E-state index < -0.39 is 0 Å². The van der Waals surface area contributed by atoms with Crippen LogP contribution in [0.15, 0.2) is 12.3 Å². The molecule has 3 unspecified atom stereocenters. The summed E-state index contributed by atoms with van der Waals surface area (Å²) in [5, 5.41) is 8.33. The maximum Gasteiger partial charge on any atom is 0.0658 e. The predicted octanol–water partition coefficient (Wildman–Crippen LogP) is 3.57. The van der Waals surface area contributed by atoms with Crippen LogP contribution in [0.1, 0.15) is 58.6 Å². The van der Waals surface area contributed by atoms with E-state index in [2.05, 4.69) is 45.3 Å². The summed E-state index contributed by atoms with van der Waals surface area (Å²) < 4.78 is 1.95. The highest BCUT2D eigenvalue weighted by Crippen LogP contribution is 2.42. The molecule has 0 bridgehead atoms. The van der Waals surface area contributed by atoms with E-state index in [-0.39, 0.29) is 0 Å². The van der Waals surface area contributed by atoms with Crippen molar-refractivity contribution in [2.24, 2.45) is 24.8 Å². The molecule has 0 spiro atoms. The smallest absolute Gasteiger partial charge is 0.0658 e. The Morgan fingerprint density at radius 2 is 2.05 bits per heavy atom. The molecule has 2 rings (SSSR count). The van der Waals surface area contributed by atoms with Gasteiger partial charge in [0.2, 0.25) is 0 Å². The highest BCUT2D eigenvalue weighted by Gasteiger charge is 2.33. The third kappa shape index (κ3) is 3.85. The summed E-state index contributed by atoms with van der Waals surface area (Å²) in [6.07, 6.45) is 6.11. The quantitative estimate of drug-likeness (QED) is 0.891. The molecule has 0 amide bonds. The molecule has 1 saturated carbocycles. The second kappa shape index (κ2) is 6.75. The van der Waals surface area contributed by atoms with E-state index in [1.54, 1.807) is 0 Å². The summed E-state index contributed by atoms with van der Waals surface area (Å²) >= 11 is 0. The Balaban J connectivity index is 2.09. The third-order valence-electron chi connectivity index (χ3n) is 4.88. The molecule has 1 N–H and O–H groups in total. The molecule has 3 nitrogen and oxygen atoms in total. The molecule has 1 aliphatic carbocycles. The highest BCUT2D eigenvalue weighted by molar-refractivity contribution is 5.10. The summed E-state index contributed by atoms with van der Waals surface area (Å²) in [5.41, 5.74) is 1.30. The Bertz CT molecular complexity index is 408. The van der Waals surface area contributed by atoms with Crippen molar-refractivity contribution >= 4 is 0 Å². The van der Waals surface area contributed by atoms with Crippen LogP contribution in [0, 0.1) is 17.8 Å². The number of aryl methyl sites for hydroxylation is 1. The van der Waals surface area contributed by atoms with Crippen molar-refractivity contribution in [3.05, 3.63) is 18.0 Å². The fourth-order valence-corrected chi connectivity index (χ4v) is 3.50. The number of nitrogens with zero attached hydrogens (tertiary/aromatic N) is 2. The third-order valence-corrected chi connectivity index (χ3v) is 4.88. The molecular weight excluding hydrogens is 246 g/mol. The van der Waals surface area contributed by atoms with Gasteiger partial charge in [0.25, 0.3) is 0 Å². The SMILES string of the molecule is CC(C)NCC1CCC(C(C)C)CC1c1ccn(C)n1. The largest absolute Gasteiger partial charge is 0.314 e. The zero-order chi connectivity index (χ0) is 14.7. The number of rotatable bonds is 5. The summed E-state index contributed by atoms with van der Waals surface area (Å²) in [7, 11) is 2.02. The van der Waals surface area contributed by atoms with Gasteiger partial charge in [-0.3, -0.25) is 4.68 Å². The monoisotopic (exact) mass is 277 g/mol. The molecular formula is C17H31N3. The molecule has 1 aromatic rings. The first-order chi connectivity index (χ1) is 9.47. The van der Waals surface area contributed by atoms with Crippen LogP contribution in [0.5, 0.6) is 0 Å². The van der Waals surface area contributed by atoms with E-state index in [0.717, 1.165) is 24.3 Å². The van der Waals surface area contributed by atoms with E-state index in [1.165, 1.54) is 25.0 Å². The van der Waals surface area contributed by atoms with Gasteiger partial charge in [-0.15, -0.1) is 0 Å². The first-order valence-electron chi connectivity index (χ1n) is 8.20. The lowest BCUT2D eigenvalue weighted by Gasteiger charge is -2.37. The van der Waals surface area contributed by atoms with E-state index >= 15 is 0 Å². The Morgan fingerprint density at radius 1 is 1.30 bits per heavy atom. The van der Waals surface area contributed by atoms with Crippen molar-refractivity contribution in [1.29, 1.82) is 0 Å². The number of hydrogen-bond acceptors (Lipinski definition) is 2. The molecule has 0 aliphatic heterocycles. The van der Waals surface area contributed by atoms with Gasteiger partial charge in [0.05, 0.1) is 5.69 Å². The Morgan fingerprint density at radius 3 is 2.60 bits per heavy atom. The van der Waals surface area contributed by atoms with Crippen molar-refractivity contribution in [3.8, 4) is 0 Å². The van der Waals surface area contributed by atoms with E-state index in [4.69, 9.17) is 5.10 Å². The van der Waals surface area contributed by atoms with Gasteiger partial charge >= 0.3 is 0 Å². The van der Waals surface area contributed by atoms with Crippen molar-refractivity contribution in [2.45, 2.75) is 58.9 Å². The van der Waals surface area contributed by atoms with Crippen LogP contribution in [0.25, 0.3) is 0 Å². The first-order valence-corrected chi connectivity index (χ1v) is 8.20. The van der Waals surface area contributed by atoms with Crippen LogP contribution < -0.4 is 5.32 Å². The minimum atomic E-state index is 0.571. The van der Waals surface area contributed by atoms with Crippen molar-refractivity contribution in [1.82, 2.24) is 15.1 Å². The maximum atomic E-state index is 4.69. The van der Waals surface area contributed by atoms with Gasteiger partial charge < -0.3 is 5.32 Å². The van der Waals surface area contributed by atoms with Crippen LogP contribution >= 0.6 is 0 Å². The van der Waals surface area contributed by atoms with Crippen LogP contribution in [0.4, 0.5) is 0 Å². The topological polar surface area (TPSA) is 29.9 Å². The standard InChI is InChI=1S/C17H31N3/c1-12(2)14-6-7-15(11-18-13(3)4)16(10-14)17-8-9-20(5)19-17/h8-9,12-16,18H,6-7,10-11H2,1-5H3. The lowest BCUT2D eigenvalue weighted by Crippen LogP contribution is -2.36. The second-order valence-electron chi connectivity index (χ2n) is 7.16. The van der Waals surface area contributed by atoms with Gasteiger partial charge in [-0.1, -0.05) is 27.7 Å². The molecule has 20 heavy (non-hydrogen) atoms. The molecule has 1 fully saturated rings. The van der Waals surface area contributed by atoms with Crippen LogP contribution in [0.3, 0.4) is 0 Å². The Hall–Kier alpha value is -0.830. The predicted molar refractivity (Wildman–Crippen MR) is 84.8 cm³/mol. The zero-order valence-electron chi connectivity index (χ0n) is 13.8. The summed E-state index contributed by atoms with van der Waals surface area (Å²) in [5.74, 6) is 3.02. The number of aromatic nitrogens is 2. The minimum absolute atomic E-state index is 0.571. The molecule has 1 aliphatic rings. The zero-order valence-corrected chi connectivity index (χ0v) is 13.8. The van der Waals surface area contributed by atoms with Crippen LogP contribution in [0.2, 0.25) is 0 Å². The van der Waals surface area contributed by atoms with Crippen molar-refractivity contribution in [3.63, 3.8) is 0 Å². The second-order valence-corrected chi connectivity index (χ2v) is 7.16.